The van der Waals surface area contributed by atoms with Gasteiger partial charge in [-0.25, -0.2) is 4.57 Å². The molecule has 3 unspecified atom stereocenters. The highest BCUT2D eigenvalue weighted by atomic mass is 31.2. The Kier molecular flexibility index (Phi) is 31.1. The molecule has 0 aromatic rings. The van der Waals surface area contributed by atoms with E-state index >= 15 is 0 Å². The van der Waals surface area contributed by atoms with E-state index in [1.807, 2.05) is 27.2 Å². The Bertz CT molecular complexity index is 1070. The predicted octanol–water partition coefficient (Wildman–Crippen LogP) is 11.7. The van der Waals surface area contributed by atoms with Gasteiger partial charge < -0.3 is 23.6 Å². The molecule has 1 fully saturated rings. The zero-order valence-electron chi connectivity index (χ0n) is 35.1. The summed E-state index contributed by atoms with van der Waals surface area (Å²) >= 11 is 0. The Labute approximate surface area is 331 Å². The predicted molar refractivity (Wildman–Crippen MR) is 223 cm³/mol. The second-order valence-electron chi connectivity index (χ2n) is 15.8. The third-order valence-corrected chi connectivity index (χ3v) is 10.4. The molecule has 314 valence electrons. The van der Waals surface area contributed by atoms with Crippen LogP contribution in [0.25, 0.3) is 0 Å². The molecule has 10 heteroatoms. The highest BCUT2D eigenvalue weighted by molar-refractivity contribution is 7.47. The van der Waals surface area contributed by atoms with Crippen molar-refractivity contribution in [3.63, 3.8) is 0 Å². The van der Waals surface area contributed by atoms with E-state index in [2.05, 4.69) is 50.3 Å². The van der Waals surface area contributed by atoms with Crippen LogP contribution in [-0.2, 0) is 32.6 Å². The molecule has 1 aliphatic heterocycles. The summed E-state index contributed by atoms with van der Waals surface area (Å²) in [4.78, 5) is 22.7. The molecule has 0 amide bonds. The first kappa shape index (κ1) is 50.3. The van der Waals surface area contributed by atoms with Gasteiger partial charge in [0.2, 0.25) is 0 Å². The lowest BCUT2D eigenvalue weighted by Gasteiger charge is -2.24. The topological polar surface area (TPSA) is 104 Å². The van der Waals surface area contributed by atoms with Crippen LogP contribution < -0.4 is 0 Å². The van der Waals surface area contributed by atoms with Gasteiger partial charge in [-0.2, -0.15) is 0 Å². The van der Waals surface area contributed by atoms with Gasteiger partial charge in [-0.05, 0) is 63.9 Å². The number of phosphoric ester groups is 1. The molecule has 1 aliphatic rings. The first-order valence-electron chi connectivity index (χ1n) is 21.5. The van der Waals surface area contributed by atoms with Gasteiger partial charge in [-0.3, -0.25) is 13.8 Å². The average molecular weight is 783 g/mol. The summed E-state index contributed by atoms with van der Waals surface area (Å²) in [5.74, 6) is -0.338. The van der Waals surface area contributed by atoms with E-state index in [-0.39, 0.29) is 44.4 Å². The molecule has 1 rings (SSSR count). The molecule has 1 heterocycles. The maximum absolute atomic E-state index is 12.5. The van der Waals surface area contributed by atoms with Gasteiger partial charge in [0.25, 0.3) is 0 Å². The standard InChI is InChI=1S/C44H80NO8P/c1-6-8-10-12-14-16-18-20-21-23-25-27-29-31-37-49-41(40-52-54(47,48)51-38-36-45(3,4)5)39-50-44(46)35-32-34-43-42(53-43)33-30-28-26-24-22-19-17-15-13-11-9-7-2/h15,17,22,24,28,30-31,37,41-43H,6-14,16,18-21,23,25-27,29,32-36,38-40H2,1-5H3/p+1/b17-15-,24-22-,30-28-,37-31+/t41-,42?,43?/m1/s1. The van der Waals surface area contributed by atoms with Crippen LogP contribution in [-0.4, -0.2) is 81.2 Å². The van der Waals surface area contributed by atoms with Crippen LogP contribution in [0.1, 0.15) is 162 Å². The van der Waals surface area contributed by atoms with E-state index in [0.717, 1.165) is 38.5 Å². The first-order chi connectivity index (χ1) is 26.1. The molecule has 0 spiro atoms. The number of nitrogens with zero attached hydrogens (tertiary/aromatic N) is 1. The molecule has 0 radical (unpaired) electrons. The number of quaternary nitrogens is 1. The molecule has 9 nitrogen and oxygen atoms in total. The van der Waals surface area contributed by atoms with E-state index in [1.54, 1.807) is 6.26 Å². The molecule has 4 atom stereocenters. The second-order valence-corrected chi connectivity index (χ2v) is 17.3. The molecule has 0 bridgehead atoms. The number of carbonyl (C=O) groups excluding carboxylic acids is 1. The van der Waals surface area contributed by atoms with Crippen LogP contribution in [0.15, 0.2) is 48.8 Å². The average Bonchev–Trinajstić information content (AvgIpc) is 3.88. The van der Waals surface area contributed by atoms with E-state index in [9.17, 15) is 14.3 Å². The summed E-state index contributed by atoms with van der Waals surface area (Å²) in [6.07, 6.45) is 42.6. The number of likely N-dealkylation sites (N-methyl/N-ethyl adjacent to an activating group) is 1. The van der Waals surface area contributed by atoms with Crippen LogP contribution in [0.2, 0.25) is 0 Å². The number of hydrogen-bond acceptors (Lipinski definition) is 7. The number of carbonyl (C=O) groups is 1. The van der Waals surface area contributed by atoms with Crippen LogP contribution in [0, 0.1) is 0 Å². The van der Waals surface area contributed by atoms with Gasteiger partial charge in [-0.15, -0.1) is 0 Å². The van der Waals surface area contributed by atoms with E-state index in [1.165, 1.54) is 96.3 Å². The Morgan fingerprint density at radius 2 is 1.26 bits per heavy atom. The number of allylic oxidation sites excluding steroid dienone is 6. The van der Waals surface area contributed by atoms with Gasteiger partial charge in [0, 0.05) is 6.42 Å². The summed E-state index contributed by atoms with van der Waals surface area (Å²) < 4.78 is 40.5. The monoisotopic (exact) mass is 783 g/mol. The molecule has 54 heavy (non-hydrogen) atoms. The minimum absolute atomic E-state index is 0.0767. The van der Waals surface area contributed by atoms with Gasteiger partial charge in [0.1, 0.15) is 19.8 Å². The Balaban J connectivity index is 2.31. The third kappa shape index (κ3) is 33.6. The van der Waals surface area contributed by atoms with E-state index in [0.29, 0.717) is 17.4 Å². The van der Waals surface area contributed by atoms with Crippen LogP contribution >= 0.6 is 7.82 Å². The van der Waals surface area contributed by atoms with Crippen molar-refractivity contribution in [2.45, 2.75) is 180 Å². The second kappa shape index (κ2) is 33.4. The minimum atomic E-state index is -4.28. The lowest BCUT2D eigenvalue weighted by atomic mass is 10.0. The summed E-state index contributed by atoms with van der Waals surface area (Å²) in [6.45, 7) is 4.78. The van der Waals surface area contributed by atoms with Gasteiger partial charge in [0.15, 0.2) is 6.10 Å². The van der Waals surface area contributed by atoms with Crippen molar-refractivity contribution < 1.29 is 42.0 Å². The first-order valence-corrected chi connectivity index (χ1v) is 23.0. The molecule has 0 aromatic heterocycles. The quantitative estimate of drug-likeness (QED) is 0.0126. The minimum Gasteiger partial charge on any atom is -0.492 e. The Hall–Kier alpha value is -1.74. The fourth-order valence-corrected chi connectivity index (χ4v) is 6.60. The highest BCUT2D eigenvalue weighted by Crippen LogP contribution is 2.43. The molecular formula is C44H81NO8P+. The van der Waals surface area contributed by atoms with Crippen LogP contribution in [0.5, 0.6) is 0 Å². The fourth-order valence-electron chi connectivity index (χ4n) is 5.86. The van der Waals surface area contributed by atoms with E-state index < -0.39 is 13.9 Å². The zero-order chi connectivity index (χ0) is 39.6. The summed E-state index contributed by atoms with van der Waals surface area (Å²) in [5.41, 5.74) is 0. The van der Waals surface area contributed by atoms with Crippen molar-refractivity contribution >= 4 is 13.8 Å². The molecule has 0 saturated carbocycles. The van der Waals surface area contributed by atoms with Crippen molar-refractivity contribution in [1.82, 2.24) is 0 Å². The molecule has 1 saturated heterocycles. The Morgan fingerprint density at radius 3 is 1.91 bits per heavy atom. The number of hydrogen-bond donors (Lipinski definition) is 1. The van der Waals surface area contributed by atoms with Gasteiger partial charge in [-0.1, -0.05) is 134 Å². The molecule has 0 aromatic carbocycles. The fraction of sp³-hybridized carbons (Fsp3) is 0.795. The molecular weight excluding hydrogens is 701 g/mol. The maximum Gasteiger partial charge on any atom is 0.472 e. The normalized spacial score (nSPS) is 18.0. The lowest BCUT2D eigenvalue weighted by Crippen LogP contribution is -2.37. The van der Waals surface area contributed by atoms with Crippen molar-refractivity contribution in [3.8, 4) is 0 Å². The van der Waals surface area contributed by atoms with Crippen molar-refractivity contribution in [2.75, 3.05) is 47.5 Å². The van der Waals surface area contributed by atoms with Crippen LogP contribution in [0.3, 0.4) is 0 Å². The number of ether oxygens (including phenoxy) is 3. The Morgan fingerprint density at radius 1 is 0.704 bits per heavy atom. The number of esters is 1. The largest absolute Gasteiger partial charge is 0.492 e. The zero-order valence-corrected chi connectivity index (χ0v) is 36.0. The van der Waals surface area contributed by atoms with Crippen molar-refractivity contribution in [1.29, 1.82) is 0 Å². The highest BCUT2D eigenvalue weighted by Gasteiger charge is 2.36. The lowest BCUT2D eigenvalue weighted by molar-refractivity contribution is -0.870. The number of phosphoric acid groups is 1. The van der Waals surface area contributed by atoms with Crippen molar-refractivity contribution in [3.05, 3.63) is 48.8 Å². The molecule has 0 aliphatic carbocycles. The maximum atomic E-state index is 12.5. The number of unbranched alkanes of at least 4 members (excludes halogenated alkanes) is 15. The SMILES string of the molecule is CCCCC/C=C\C/C=C\C/C=C\CC1OC1CCCC(=O)OC[C@H](COP(=O)(O)OCC[N+](C)(C)C)O/C=C/CCCCCCCCCCCCCC. The van der Waals surface area contributed by atoms with E-state index in [4.69, 9.17) is 23.3 Å². The van der Waals surface area contributed by atoms with Crippen LogP contribution in [0.4, 0.5) is 0 Å². The van der Waals surface area contributed by atoms with Gasteiger partial charge >= 0.3 is 13.8 Å². The number of rotatable bonds is 38. The summed E-state index contributed by atoms with van der Waals surface area (Å²) in [5, 5.41) is 0. The number of epoxide rings is 1. The molecule has 1 N–H and O–H groups in total. The van der Waals surface area contributed by atoms with Gasteiger partial charge in [0.05, 0.1) is 46.2 Å². The van der Waals surface area contributed by atoms with Crippen molar-refractivity contribution in [2.24, 2.45) is 0 Å². The summed E-state index contributed by atoms with van der Waals surface area (Å²) in [6, 6.07) is 0. The summed E-state index contributed by atoms with van der Waals surface area (Å²) in [7, 11) is 1.63. The third-order valence-electron chi connectivity index (χ3n) is 9.41. The smallest absolute Gasteiger partial charge is 0.472 e.